The van der Waals surface area contributed by atoms with Gasteiger partial charge < -0.3 is 25.0 Å². The molecule has 0 aromatic carbocycles. The second kappa shape index (κ2) is 5.19. The lowest BCUT2D eigenvalue weighted by Crippen LogP contribution is -2.33. The topological polar surface area (TPSA) is 117 Å². The highest BCUT2D eigenvalue weighted by Crippen LogP contribution is 2.32. The van der Waals surface area contributed by atoms with Crippen LogP contribution < -0.4 is 4.90 Å². The Bertz CT molecular complexity index is 646. The summed E-state index contributed by atoms with van der Waals surface area (Å²) in [4.78, 5) is 6.06. The Morgan fingerprint density at radius 3 is 2.71 bits per heavy atom. The van der Waals surface area contributed by atoms with E-state index in [9.17, 15) is 10.2 Å². The quantitative estimate of drug-likeness (QED) is 0.626. The second-order valence-corrected chi connectivity index (χ2v) is 5.18. The van der Waals surface area contributed by atoms with E-state index in [1.54, 1.807) is 9.47 Å². The lowest BCUT2D eigenvalue weighted by Gasteiger charge is -2.17. The monoisotopic (exact) mass is 295 g/mol. The Morgan fingerprint density at radius 1 is 1.33 bits per heavy atom. The third kappa shape index (κ3) is 2.14. The summed E-state index contributed by atoms with van der Waals surface area (Å²) in [6.07, 6.45) is -0.950. The van der Waals surface area contributed by atoms with E-state index in [-0.39, 0.29) is 6.61 Å². The summed E-state index contributed by atoms with van der Waals surface area (Å²) in [5.74, 6) is 0.595. The van der Waals surface area contributed by atoms with E-state index >= 15 is 0 Å². The largest absolute Gasteiger partial charge is 0.394 e. The Morgan fingerprint density at radius 2 is 2.10 bits per heavy atom. The molecule has 1 aliphatic heterocycles. The molecule has 0 unspecified atom stereocenters. The summed E-state index contributed by atoms with van der Waals surface area (Å²) in [6, 6.07) is 0. The molecule has 114 valence electrons. The van der Waals surface area contributed by atoms with Crippen LogP contribution >= 0.6 is 0 Å². The van der Waals surface area contributed by atoms with Crippen LogP contribution in [0.3, 0.4) is 0 Å². The zero-order chi connectivity index (χ0) is 15.1. The third-order valence-electron chi connectivity index (χ3n) is 3.59. The van der Waals surface area contributed by atoms with Crippen molar-refractivity contribution in [3.63, 3.8) is 0 Å². The van der Waals surface area contributed by atoms with Crippen LogP contribution in [0.2, 0.25) is 0 Å². The molecule has 0 radical (unpaired) electrons. The lowest BCUT2D eigenvalue weighted by molar-refractivity contribution is -0.0509. The Hall–Kier alpha value is -1.81. The molecular weight excluding hydrogens is 278 g/mol. The third-order valence-corrected chi connectivity index (χ3v) is 3.59. The molecule has 9 heteroatoms. The number of imidazole rings is 1. The minimum atomic E-state index is -1.16. The molecule has 0 bridgehead atoms. The number of fused-ring (bicyclic) bond motifs is 1. The zero-order valence-electron chi connectivity index (χ0n) is 11.7. The molecule has 2 aromatic heterocycles. The van der Waals surface area contributed by atoms with Crippen molar-refractivity contribution in [1.82, 2.24) is 19.7 Å². The van der Waals surface area contributed by atoms with Gasteiger partial charge in [-0.25, -0.2) is 4.98 Å². The van der Waals surface area contributed by atoms with Crippen molar-refractivity contribution in [2.75, 3.05) is 25.6 Å². The zero-order valence-corrected chi connectivity index (χ0v) is 11.7. The number of anilines is 1. The Labute approximate surface area is 120 Å². The fourth-order valence-corrected chi connectivity index (χ4v) is 2.47. The number of hydrogen-bond donors (Lipinski definition) is 3. The van der Waals surface area contributed by atoms with Crippen LogP contribution in [0.15, 0.2) is 12.5 Å². The van der Waals surface area contributed by atoms with Crippen molar-refractivity contribution in [3.05, 3.63) is 12.5 Å². The average Bonchev–Trinajstić information content (AvgIpc) is 3.01. The first kappa shape index (κ1) is 14.1. The van der Waals surface area contributed by atoms with Gasteiger partial charge >= 0.3 is 0 Å². The van der Waals surface area contributed by atoms with E-state index in [0.29, 0.717) is 16.9 Å². The van der Waals surface area contributed by atoms with Crippen LogP contribution in [0.4, 0.5) is 5.82 Å². The fourth-order valence-electron chi connectivity index (χ4n) is 2.47. The maximum atomic E-state index is 10.1. The summed E-state index contributed by atoms with van der Waals surface area (Å²) in [7, 11) is 3.66. The van der Waals surface area contributed by atoms with Gasteiger partial charge in [0.2, 0.25) is 0 Å². The van der Waals surface area contributed by atoms with E-state index < -0.39 is 24.5 Å². The molecular formula is C12H17N5O4. The van der Waals surface area contributed by atoms with E-state index in [1.807, 2.05) is 14.1 Å². The molecule has 3 heterocycles. The van der Waals surface area contributed by atoms with Crippen molar-refractivity contribution in [1.29, 1.82) is 0 Å². The highest BCUT2D eigenvalue weighted by atomic mass is 16.6. The van der Waals surface area contributed by atoms with Crippen molar-refractivity contribution in [2.45, 2.75) is 24.5 Å². The van der Waals surface area contributed by atoms with Crippen LogP contribution in [-0.2, 0) is 4.74 Å². The van der Waals surface area contributed by atoms with Gasteiger partial charge in [-0.3, -0.25) is 4.57 Å². The molecule has 0 spiro atoms. The van der Waals surface area contributed by atoms with Crippen LogP contribution in [0.25, 0.3) is 11.0 Å². The first-order valence-electron chi connectivity index (χ1n) is 6.52. The first-order valence-corrected chi connectivity index (χ1v) is 6.52. The molecule has 3 rings (SSSR count). The van der Waals surface area contributed by atoms with Crippen LogP contribution in [0.1, 0.15) is 6.23 Å². The number of aliphatic hydroxyl groups excluding tert-OH is 3. The molecule has 0 saturated carbocycles. The van der Waals surface area contributed by atoms with Crippen molar-refractivity contribution in [2.24, 2.45) is 0 Å². The SMILES string of the molecule is CN(C)c1nncc2c1ncn2[C@@H]1O[C@H](CO)[C@@H](O)[C@H]1O. The van der Waals surface area contributed by atoms with Crippen LogP contribution in [-0.4, -0.2) is 74.1 Å². The summed E-state index contributed by atoms with van der Waals surface area (Å²) in [6.45, 7) is -0.371. The summed E-state index contributed by atoms with van der Waals surface area (Å²) in [5, 5.41) is 37.0. The van der Waals surface area contributed by atoms with E-state index in [2.05, 4.69) is 15.2 Å². The van der Waals surface area contributed by atoms with Gasteiger partial charge in [0.15, 0.2) is 12.0 Å². The van der Waals surface area contributed by atoms with Gasteiger partial charge in [0.05, 0.1) is 24.6 Å². The highest BCUT2D eigenvalue weighted by Gasteiger charge is 2.43. The van der Waals surface area contributed by atoms with Gasteiger partial charge in [0, 0.05) is 14.1 Å². The summed E-state index contributed by atoms with van der Waals surface area (Å²) >= 11 is 0. The minimum absolute atomic E-state index is 0.371. The molecule has 9 nitrogen and oxygen atoms in total. The van der Waals surface area contributed by atoms with Crippen LogP contribution in [0.5, 0.6) is 0 Å². The number of ether oxygens (including phenoxy) is 1. The normalized spacial score (nSPS) is 29.2. The molecule has 4 atom stereocenters. The highest BCUT2D eigenvalue weighted by molar-refractivity contribution is 5.85. The van der Waals surface area contributed by atoms with E-state index in [4.69, 9.17) is 9.84 Å². The van der Waals surface area contributed by atoms with Crippen molar-refractivity contribution >= 4 is 16.9 Å². The Kier molecular flexibility index (Phi) is 3.49. The molecule has 1 fully saturated rings. The van der Waals surface area contributed by atoms with E-state index in [1.165, 1.54) is 12.5 Å². The Balaban J connectivity index is 2.04. The lowest BCUT2D eigenvalue weighted by atomic mass is 10.1. The predicted octanol–water partition coefficient (Wildman–Crippen LogP) is -1.50. The molecule has 3 N–H and O–H groups in total. The van der Waals surface area contributed by atoms with Gasteiger partial charge in [-0.05, 0) is 0 Å². The first-order chi connectivity index (χ1) is 10.0. The number of aliphatic hydroxyl groups is 3. The molecule has 0 aliphatic carbocycles. The van der Waals surface area contributed by atoms with Gasteiger partial charge in [0.25, 0.3) is 0 Å². The number of hydrogen-bond acceptors (Lipinski definition) is 8. The van der Waals surface area contributed by atoms with Crippen LogP contribution in [0, 0.1) is 0 Å². The van der Waals surface area contributed by atoms with Crippen molar-refractivity contribution in [3.8, 4) is 0 Å². The smallest absolute Gasteiger partial charge is 0.178 e. The van der Waals surface area contributed by atoms with Crippen molar-refractivity contribution < 1.29 is 20.1 Å². The standard InChI is InChI=1S/C12H17N5O4/c1-16(2)11-8-6(3-14-15-11)17(5-13-8)12-10(20)9(19)7(4-18)21-12/h3,5,7,9-10,12,18-20H,4H2,1-2H3/t7-,9-,10-,12-/m1/s1. The maximum Gasteiger partial charge on any atom is 0.178 e. The molecule has 1 aliphatic rings. The molecule has 21 heavy (non-hydrogen) atoms. The minimum Gasteiger partial charge on any atom is -0.394 e. The maximum absolute atomic E-state index is 10.1. The summed E-state index contributed by atoms with van der Waals surface area (Å²) < 4.78 is 7.08. The summed E-state index contributed by atoms with van der Waals surface area (Å²) in [5.41, 5.74) is 1.25. The van der Waals surface area contributed by atoms with E-state index in [0.717, 1.165) is 0 Å². The number of aromatic nitrogens is 4. The van der Waals surface area contributed by atoms with Gasteiger partial charge in [-0.2, -0.15) is 5.10 Å². The molecule has 0 amide bonds. The number of nitrogens with zero attached hydrogens (tertiary/aromatic N) is 5. The molecule has 2 aromatic rings. The average molecular weight is 295 g/mol. The van der Waals surface area contributed by atoms with Gasteiger partial charge in [-0.15, -0.1) is 5.10 Å². The second-order valence-electron chi connectivity index (χ2n) is 5.18. The van der Waals surface area contributed by atoms with Gasteiger partial charge in [0.1, 0.15) is 23.8 Å². The van der Waals surface area contributed by atoms with Gasteiger partial charge in [-0.1, -0.05) is 0 Å². The fraction of sp³-hybridized carbons (Fsp3) is 0.583. The number of rotatable bonds is 3. The predicted molar refractivity (Wildman–Crippen MR) is 72.7 cm³/mol. The molecule has 1 saturated heterocycles.